The molecule has 0 fully saturated rings. The van der Waals surface area contributed by atoms with Crippen molar-refractivity contribution in [3.8, 4) is 17.2 Å². The van der Waals surface area contributed by atoms with E-state index < -0.39 is 0 Å². The zero-order valence-corrected chi connectivity index (χ0v) is 24.3. The molecule has 0 unspecified atom stereocenters. The number of hydrogen-bond donors (Lipinski definition) is 3. The molecule has 220 valence electrons. The molecule has 1 aliphatic heterocycles. The molecule has 0 saturated carbocycles. The van der Waals surface area contributed by atoms with Crippen LogP contribution in [0.1, 0.15) is 32.3 Å². The molecule has 1 atom stereocenters. The molecule has 3 N–H and O–H groups in total. The molecule has 2 aromatic heterocycles. The number of amides is 2. The summed E-state index contributed by atoms with van der Waals surface area (Å²) < 4.78 is 16.1. The first-order valence-corrected chi connectivity index (χ1v) is 14.2. The van der Waals surface area contributed by atoms with E-state index in [0.29, 0.717) is 70.3 Å². The number of aromatic amines is 1. The number of aromatic hydroxyl groups is 1. The quantitative estimate of drug-likeness (QED) is 0.147. The highest BCUT2D eigenvalue weighted by atomic mass is 35.5. The number of aromatic nitrogens is 2. The third kappa shape index (κ3) is 5.31. The van der Waals surface area contributed by atoms with E-state index in [2.05, 4.69) is 15.3 Å². The van der Waals surface area contributed by atoms with E-state index in [9.17, 15) is 14.7 Å². The monoisotopic (exact) mass is 600 g/mol. The molecular formula is C32H29ClN4O6. The lowest BCUT2D eigenvalue weighted by Gasteiger charge is -2.18. The number of fused-ring (bicyclic) bond motifs is 4. The number of methoxy groups -OCH3 is 2. The second-order valence-electron chi connectivity index (χ2n) is 10.1. The van der Waals surface area contributed by atoms with Gasteiger partial charge in [0.1, 0.15) is 35.2 Å². The Bertz CT molecular complexity index is 1840. The van der Waals surface area contributed by atoms with E-state index in [1.54, 1.807) is 61.6 Å². The number of halogens is 1. The molecule has 3 heterocycles. The molecule has 10 nitrogen and oxygen atoms in total. The van der Waals surface area contributed by atoms with Crippen LogP contribution in [-0.4, -0.2) is 66.7 Å². The van der Waals surface area contributed by atoms with Crippen LogP contribution in [0, 0.1) is 0 Å². The second kappa shape index (κ2) is 11.8. The van der Waals surface area contributed by atoms with Gasteiger partial charge in [-0.25, -0.2) is 4.98 Å². The number of pyridine rings is 1. The molecule has 43 heavy (non-hydrogen) atoms. The molecule has 0 aliphatic carbocycles. The summed E-state index contributed by atoms with van der Waals surface area (Å²) in [4.78, 5) is 35.8. The van der Waals surface area contributed by atoms with E-state index in [1.165, 1.54) is 6.20 Å². The van der Waals surface area contributed by atoms with Crippen LogP contribution in [0.5, 0.6) is 17.2 Å². The predicted molar refractivity (Wildman–Crippen MR) is 165 cm³/mol. The summed E-state index contributed by atoms with van der Waals surface area (Å²) in [6, 6.07) is 17.3. The summed E-state index contributed by atoms with van der Waals surface area (Å²) in [7, 11) is 3.17. The highest BCUT2D eigenvalue weighted by Crippen LogP contribution is 2.48. The molecular weight excluding hydrogens is 572 g/mol. The molecule has 0 saturated heterocycles. The fourth-order valence-electron chi connectivity index (χ4n) is 5.46. The van der Waals surface area contributed by atoms with E-state index in [0.717, 1.165) is 10.9 Å². The Balaban J connectivity index is 1.24. The summed E-state index contributed by atoms with van der Waals surface area (Å²) in [5.41, 5.74) is 3.19. The van der Waals surface area contributed by atoms with Gasteiger partial charge in [0.2, 0.25) is 0 Å². The van der Waals surface area contributed by atoms with Crippen molar-refractivity contribution >= 4 is 56.6 Å². The Morgan fingerprint density at radius 3 is 2.67 bits per heavy atom. The normalized spacial score (nSPS) is 14.2. The van der Waals surface area contributed by atoms with Crippen LogP contribution in [0.2, 0.25) is 0 Å². The van der Waals surface area contributed by atoms with Crippen molar-refractivity contribution in [2.24, 2.45) is 0 Å². The van der Waals surface area contributed by atoms with Crippen molar-refractivity contribution in [2.75, 3.05) is 50.1 Å². The third-order valence-corrected chi connectivity index (χ3v) is 7.88. The Hall–Kier alpha value is -4.80. The number of anilines is 2. The number of H-pyrrole nitrogens is 1. The van der Waals surface area contributed by atoms with Crippen LogP contribution in [0.3, 0.4) is 0 Å². The summed E-state index contributed by atoms with van der Waals surface area (Å²) in [5, 5.41) is 15.7. The van der Waals surface area contributed by atoms with Gasteiger partial charge in [-0.05, 0) is 48.0 Å². The van der Waals surface area contributed by atoms with E-state index in [-0.39, 0.29) is 29.4 Å². The van der Waals surface area contributed by atoms with Gasteiger partial charge in [-0.3, -0.25) is 9.59 Å². The fourth-order valence-corrected chi connectivity index (χ4v) is 5.72. The molecule has 3 aromatic carbocycles. The summed E-state index contributed by atoms with van der Waals surface area (Å²) >= 11 is 6.38. The van der Waals surface area contributed by atoms with Crippen LogP contribution in [-0.2, 0) is 4.74 Å². The highest BCUT2D eigenvalue weighted by molar-refractivity contribution is 6.19. The van der Waals surface area contributed by atoms with Gasteiger partial charge in [-0.1, -0.05) is 12.1 Å². The number of nitrogens with zero attached hydrogens (tertiary/aromatic N) is 2. The van der Waals surface area contributed by atoms with Gasteiger partial charge < -0.3 is 34.5 Å². The van der Waals surface area contributed by atoms with Gasteiger partial charge in [0.15, 0.2) is 0 Å². The number of carbonyl (C=O) groups excluding carboxylic acids is 2. The maximum Gasteiger partial charge on any atom is 0.274 e. The van der Waals surface area contributed by atoms with Crippen LogP contribution in [0.15, 0.2) is 66.9 Å². The minimum absolute atomic E-state index is 0.0487. The lowest BCUT2D eigenvalue weighted by atomic mass is 9.94. The molecule has 11 heteroatoms. The van der Waals surface area contributed by atoms with E-state index >= 15 is 0 Å². The molecule has 6 rings (SSSR count). The summed E-state index contributed by atoms with van der Waals surface area (Å²) in [6.45, 7) is 1.23. The average molecular weight is 601 g/mol. The van der Waals surface area contributed by atoms with Gasteiger partial charge in [-0.2, -0.15) is 0 Å². The van der Waals surface area contributed by atoms with Crippen LogP contribution in [0.4, 0.5) is 11.4 Å². The van der Waals surface area contributed by atoms with Gasteiger partial charge in [-0.15, -0.1) is 11.6 Å². The van der Waals surface area contributed by atoms with Crippen molar-refractivity contribution in [1.82, 2.24) is 9.97 Å². The minimum Gasteiger partial charge on any atom is -0.507 e. The van der Waals surface area contributed by atoms with E-state index in [1.807, 2.05) is 18.2 Å². The molecule has 1 aliphatic rings. The Morgan fingerprint density at radius 1 is 1.12 bits per heavy atom. The number of ether oxygens (including phenoxy) is 3. The number of alkyl halides is 1. The number of hydrogen-bond acceptors (Lipinski definition) is 7. The number of carbonyl (C=O) groups is 2. The lowest BCUT2D eigenvalue weighted by Crippen LogP contribution is -2.30. The maximum absolute atomic E-state index is 13.8. The van der Waals surface area contributed by atoms with Crippen molar-refractivity contribution in [2.45, 2.75) is 5.92 Å². The summed E-state index contributed by atoms with van der Waals surface area (Å²) in [5.74, 6) is 0.823. The van der Waals surface area contributed by atoms with Crippen molar-refractivity contribution in [1.29, 1.82) is 0 Å². The smallest absolute Gasteiger partial charge is 0.274 e. The SMILES string of the molecule is COCCOc1ccc(C(=O)Nc2cnc3[nH]c(C(=O)N4C[C@@H](CCl)c5c4cc(O)c4cccc(OC)c54)cc3c2)cc1. The number of phenols is 1. The number of nitrogens with one attached hydrogen (secondary N) is 2. The molecule has 5 aromatic rings. The first-order valence-electron chi connectivity index (χ1n) is 13.6. The second-order valence-corrected chi connectivity index (χ2v) is 10.5. The average Bonchev–Trinajstić information content (AvgIpc) is 3.62. The third-order valence-electron chi connectivity index (χ3n) is 7.51. The molecule has 0 spiro atoms. The van der Waals surface area contributed by atoms with Crippen LogP contribution < -0.4 is 19.7 Å². The zero-order valence-electron chi connectivity index (χ0n) is 23.5. The predicted octanol–water partition coefficient (Wildman–Crippen LogP) is 5.69. The largest absolute Gasteiger partial charge is 0.507 e. The zero-order chi connectivity index (χ0) is 30.1. The standard InChI is InChI=1S/C32H29ClN4O6/c1-41-10-11-43-22-8-6-18(7-9-22)31(39)35-21-12-19-13-24(36-30(19)34-16-21)32(40)37-17-20(15-33)28-25(37)14-26(38)23-4-3-5-27(42-2)29(23)28/h3-9,12-14,16,20,38H,10-11,15,17H2,1-2H3,(H,34,36)(H,35,39)/t20-/m1/s1. The number of rotatable bonds is 9. The Kier molecular flexibility index (Phi) is 7.79. The van der Waals surface area contributed by atoms with E-state index in [4.69, 9.17) is 25.8 Å². The van der Waals surface area contributed by atoms with Gasteiger partial charge in [0, 0.05) is 53.2 Å². The van der Waals surface area contributed by atoms with Gasteiger partial charge >= 0.3 is 0 Å². The number of phenolic OH excluding ortho intramolecular Hbond substituents is 1. The molecule has 2 amide bonds. The fraction of sp³-hybridized carbons (Fsp3) is 0.219. The topological polar surface area (TPSA) is 126 Å². The first-order chi connectivity index (χ1) is 20.9. The van der Waals surface area contributed by atoms with Gasteiger partial charge in [0.25, 0.3) is 11.8 Å². The molecule has 0 radical (unpaired) electrons. The van der Waals surface area contributed by atoms with Crippen molar-refractivity contribution < 1.29 is 28.9 Å². The minimum atomic E-state index is -0.306. The van der Waals surface area contributed by atoms with Crippen LogP contribution in [0.25, 0.3) is 21.8 Å². The Morgan fingerprint density at radius 2 is 1.93 bits per heavy atom. The summed E-state index contributed by atoms with van der Waals surface area (Å²) in [6.07, 6.45) is 1.53. The lowest BCUT2D eigenvalue weighted by molar-refractivity contribution is 0.0983. The maximum atomic E-state index is 13.8. The molecule has 0 bridgehead atoms. The number of benzene rings is 3. The Labute approximate surface area is 252 Å². The highest BCUT2D eigenvalue weighted by Gasteiger charge is 2.36. The van der Waals surface area contributed by atoms with Crippen molar-refractivity contribution in [3.05, 3.63) is 83.7 Å². The van der Waals surface area contributed by atoms with Crippen LogP contribution >= 0.6 is 11.6 Å². The van der Waals surface area contributed by atoms with Crippen molar-refractivity contribution in [3.63, 3.8) is 0 Å². The first kappa shape index (κ1) is 28.3. The van der Waals surface area contributed by atoms with Gasteiger partial charge in [0.05, 0.1) is 31.3 Å².